The fraction of sp³-hybridized carbons (Fsp3) is 0.333. The number of unbranched alkanes of at least 4 members (excludes halogenated alkanes) is 4. The van der Waals surface area contributed by atoms with Crippen LogP contribution >= 0.6 is 0 Å². The number of hydrogen-bond donors (Lipinski definition) is 2. The second-order valence-electron chi connectivity index (χ2n) is 9.09. The third-order valence-corrected chi connectivity index (χ3v) is 5.53. The number of benzene rings is 2. The van der Waals surface area contributed by atoms with Gasteiger partial charge in [-0.1, -0.05) is 44.6 Å². The molecule has 2 aromatic rings. The number of nitrogens with one attached hydrogen (secondary N) is 2. The van der Waals surface area contributed by atoms with Crippen molar-refractivity contribution in [1.82, 2.24) is 5.32 Å². The van der Waals surface area contributed by atoms with Crippen LogP contribution in [0.3, 0.4) is 0 Å². The summed E-state index contributed by atoms with van der Waals surface area (Å²) in [6.07, 6.45) is 4.32. The first-order chi connectivity index (χ1) is 18.1. The van der Waals surface area contributed by atoms with E-state index in [1.165, 1.54) is 0 Å². The van der Waals surface area contributed by atoms with E-state index in [2.05, 4.69) is 23.8 Å². The summed E-state index contributed by atoms with van der Waals surface area (Å²) >= 11 is 0. The lowest BCUT2D eigenvalue weighted by atomic mass is 10.1. The van der Waals surface area contributed by atoms with Gasteiger partial charge in [0.2, 0.25) is 0 Å². The van der Waals surface area contributed by atoms with Crippen molar-refractivity contribution in [2.45, 2.75) is 58.8 Å². The lowest BCUT2D eigenvalue weighted by Crippen LogP contribution is -2.27. The Labute approximate surface area is 224 Å². The van der Waals surface area contributed by atoms with Crippen molar-refractivity contribution in [2.75, 3.05) is 11.9 Å². The number of carbonyl (C=O) groups is 4. The maximum Gasteiger partial charge on any atom is 0.412 e. The Bertz CT molecular complexity index is 1040. The van der Waals surface area contributed by atoms with Gasteiger partial charge in [-0.15, -0.1) is 0 Å². The molecule has 0 heterocycles. The van der Waals surface area contributed by atoms with Gasteiger partial charge >= 0.3 is 12.1 Å². The third kappa shape index (κ3) is 11.7. The van der Waals surface area contributed by atoms with Crippen LogP contribution in [0.25, 0.3) is 0 Å². The van der Waals surface area contributed by atoms with Gasteiger partial charge in [0.25, 0.3) is 5.91 Å². The van der Waals surface area contributed by atoms with E-state index in [1.54, 1.807) is 62.4 Å². The van der Waals surface area contributed by atoms with Crippen molar-refractivity contribution in [1.29, 1.82) is 0 Å². The van der Waals surface area contributed by atoms with E-state index >= 15 is 0 Å². The number of carbonyl (C=O) groups excluding carboxylic acids is 4. The molecule has 2 rings (SSSR count). The zero-order valence-electron chi connectivity index (χ0n) is 22.1. The Morgan fingerprint density at radius 1 is 0.737 bits per heavy atom. The molecule has 0 fully saturated rings. The number of anilines is 1. The third-order valence-electron chi connectivity index (χ3n) is 5.53. The van der Waals surface area contributed by atoms with Crippen LogP contribution in [0.1, 0.15) is 57.9 Å². The molecule has 0 bridgehead atoms. The predicted molar refractivity (Wildman–Crippen MR) is 147 cm³/mol. The Kier molecular flexibility index (Phi) is 12.5. The van der Waals surface area contributed by atoms with Crippen LogP contribution in [-0.4, -0.2) is 30.3 Å². The van der Waals surface area contributed by atoms with Gasteiger partial charge in [-0.25, -0.2) is 4.79 Å². The molecule has 8 heteroatoms. The Balaban J connectivity index is 1.52. The maximum atomic E-state index is 12.0. The summed E-state index contributed by atoms with van der Waals surface area (Å²) in [4.78, 5) is 47.3. The highest BCUT2D eigenvalue weighted by molar-refractivity contribution is 6.02. The smallest absolute Gasteiger partial charge is 0.412 e. The Morgan fingerprint density at radius 2 is 1.32 bits per heavy atom. The maximum absolute atomic E-state index is 12.0. The van der Waals surface area contributed by atoms with Crippen LogP contribution in [0.5, 0.6) is 11.5 Å². The molecule has 0 aliphatic heterocycles. The van der Waals surface area contributed by atoms with E-state index in [0.29, 0.717) is 41.3 Å². The lowest BCUT2D eigenvalue weighted by Gasteiger charge is -2.08. The molecule has 38 heavy (non-hydrogen) atoms. The molecule has 0 aliphatic rings. The molecule has 202 valence electrons. The zero-order chi connectivity index (χ0) is 27.9. The second kappa shape index (κ2) is 15.8. The summed E-state index contributed by atoms with van der Waals surface area (Å²) in [5, 5.41) is 5.41. The number of hydrogen-bond acceptors (Lipinski definition) is 6. The first kappa shape index (κ1) is 30.0. The zero-order valence-corrected chi connectivity index (χ0v) is 22.1. The Morgan fingerprint density at radius 3 is 1.95 bits per heavy atom. The largest absolute Gasteiger partial charge is 0.427 e. The molecule has 2 aromatic carbocycles. The van der Waals surface area contributed by atoms with Gasteiger partial charge in [-0.2, -0.15) is 0 Å². The number of ketones is 1. The van der Waals surface area contributed by atoms with Crippen molar-refractivity contribution in [2.24, 2.45) is 0 Å². The highest BCUT2D eigenvalue weighted by atomic mass is 16.6. The van der Waals surface area contributed by atoms with Crippen molar-refractivity contribution >= 4 is 29.4 Å². The first-order valence-corrected chi connectivity index (χ1v) is 12.6. The topological polar surface area (TPSA) is 111 Å². The lowest BCUT2D eigenvalue weighted by molar-refractivity contribution is -0.134. The summed E-state index contributed by atoms with van der Waals surface area (Å²) in [7, 11) is 0. The van der Waals surface area contributed by atoms with Crippen molar-refractivity contribution < 1.29 is 28.7 Å². The summed E-state index contributed by atoms with van der Waals surface area (Å²) in [6, 6.07) is 13.4. The first-order valence-electron chi connectivity index (χ1n) is 12.6. The van der Waals surface area contributed by atoms with Crippen LogP contribution in [0.2, 0.25) is 0 Å². The van der Waals surface area contributed by atoms with Crippen LogP contribution in [0.4, 0.5) is 10.5 Å². The fourth-order valence-electron chi connectivity index (χ4n) is 3.30. The van der Waals surface area contributed by atoms with E-state index in [9.17, 15) is 19.2 Å². The van der Waals surface area contributed by atoms with Crippen molar-refractivity contribution in [3.63, 3.8) is 0 Å². The molecule has 0 radical (unpaired) electrons. The minimum absolute atomic E-state index is 0.0225. The number of esters is 1. The van der Waals surface area contributed by atoms with Crippen molar-refractivity contribution in [3.8, 4) is 11.5 Å². The molecule has 0 atom stereocenters. The minimum Gasteiger partial charge on any atom is -0.427 e. The molecule has 2 amide bonds. The van der Waals surface area contributed by atoms with E-state index in [-0.39, 0.29) is 24.1 Å². The normalized spacial score (nSPS) is 10.3. The number of rotatable bonds is 15. The summed E-state index contributed by atoms with van der Waals surface area (Å²) in [5.41, 5.74) is 2.35. The van der Waals surface area contributed by atoms with E-state index in [1.807, 2.05) is 0 Å². The molecule has 8 nitrogen and oxygen atoms in total. The average molecular weight is 521 g/mol. The molecule has 2 N–H and O–H groups in total. The van der Waals surface area contributed by atoms with Gasteiger partial charge < -0.3 is 20.1 Å². The second-order valence-corrected chi connectivity index (χ2v) is 9.09. The monoisotopic (exact) mass is 520 g/mol. The summed E-state index contributed by atoms with van der Waals surface area (Å²) in [6.45, 7) is 11.0. The molecule has 0 saturated heterocycles. The highest BCUT2D eigenvalue weighted by Crippen LogP contribution is 2.18. The molecular formula is C30H36N2O6. The van der Waals surface area contributed by atoms with Gasteiger partial charge in [-0.05, 0) is 74.2 Å². The molecule has 0 aliphatic carbocycles. The number of amides is 2. The number of allylic oxidation sites excluding steroid dienone is 1. The van der Waals surface area contributed by atoms with E-state index in [4.69, 9.17) is 9.47 Å². The molecule has 0 aromatic heterocycles. The summed E-state index contributed by atoms with van der Waals surface area (Å²) in [5.74, 6) is 0.248. The fourth-order valence-corrected chi connectivity index (χ4v) is 3.30. The van der Waals surface area contributed by atoms with Crippen molar-refractivity contribution in [3.05, 3.63) is 78.4 Å². The molecule has 0 unspecified atom stereocenters. The van der Waals surface area contributed by atoms with Gasteiger partial charge in [-0.3, -0.25) is 14.4 Å². The number of ether oxygens (including phenoxy) is 2. The minimum atomic E-state index is -0.523. The standard InChI is InChI=1S/C30H36N2O6/c1-21(2)27(33)20-23-11-15-26(16-12-23)38-30(36)31-19-9-7-5-6-8-10-28(34)37-25-17-13-24(14-18-25)32-29(35)22(3)4/h11-18H,1,3,5-10,19-20H2,2,4H3,(H,31,36)(H,32,35). The van der Waals surface area contributed by atoms with Crippen LogP contribution in [0.15, 0.2) is 72.8 Å². The van der Waals surface area contributed by atoms with Crippen LogP contribution in [-0.2, 0) is 20.8 Å². The van der Waals surface area contributed by atoms with Crippen LogP contribution < -0.4 is 20.1 Å². The van der Waals surface area contributed by atoms with Crippen LogP contribution in [0, 0.1) is 0 Å². The molecule has 0 saturated carbocycles. The van der Waals surface area contributed by atoms with Gasteiger partial charge in [0.05, 0.1) is 0 Å². The predicted octanol–water partition coefficient (Wildman–Crippen LogP) is 5.92. The Hall–Kier alpha value is -4.20. The average Bonchev–Trinajstić information content (AvgIpc) is 2.87. The highest BCUT2D eigenvalue weighted by Gasteiger charge is 2.08. The quantitative estimate of drug-likeness (QED) is 0.130. The SMILES string of the molecule is C=C(C)C(=O)Cc1ccc(OC(=O)NCCCCCCCC(=O)Oc2ccc(NC(=O)C(=C)C)cc2)cc1. The van der Waals surface area contributed by atoms with Gasteiger partial charge in [0, 0.05) is 30.6 Å². The molecule has 0 spiro atoms. The number of Topliss-reactive ketones (excluding diaryl/α,β-unsaturated/α-hetero) is 1. The van der Waals surface area contributed by atoms with E-state index in [0.717, 1.165) is 37.7 Å². The van der Waals surface area contributed by atoms with Gasteiger partial charge in [0.15, 0.2) is 5.78 Å². The molecular weight excluding hydrogens is 484 g/mol. The van der Waals surface area contributed by atoms with Gasteiger partial charge in [0.1, 0.15) is 11.5 Å². The summed E-state index contributed by atoms with van der Waals surface area (Å²) < 4.78 is 10.6. The van der Waals surface area contributed by atoms with E-state index < -0.39 is 6.09 Å².